The van der Waals surface area contributed by atoms with Crippen molar-refractivity contribution in [2.24, 2.45) is 5.92 Å². The standard InChI is InChI=1S/C13H20N4O2/c1-8-7-10(16-13(14-8)17(2)3)15-11(9-5-6-9)12(18)19-4/h7,9,11H,5-6H2,1-4H3,(H,14,15,16)/t11-/m0/s1. The minimum atomic E-state index is -0.311. The van der Waals surface area contributed by atoms with Crippen molar-refractivity contribution in [3.63, 3.8) is 0 Å². The van der Waals surface area contributed by atoms with E-state index in [1.165, 1.54) is 7.11 Å². The summed E-state index contributed by atoms with van der Waals surface area (Å²) in [5, 5.41) is 3.18. The number of esters is 1. The minimum Gasteiger partial charge on any atom is -0.467 e. The molecule has 6 nitrogen and oxygen atoms in total. The highest BCUT2D eigenvalue weighted by Gasteiger charge is 2.37. The van der Waals surface area contributed by atoms with Crippen molar-refractivity contribution in [2.75, 3.05) is 31.4 Å². The topological polar surface area (TPSA) is 67.3 Å². The van der Waals surface area contributed by atoms with Crippen LogP contribution in [0.25, 0.3) is 0 Å². The van der Waals surface area contributed by atoms with Crippen LogP contribution in [0.1, 0.15) is 18.5 Å². The third-order valence-electron chi connectivity index (χ3n) is 3.09. The summed E-state index contributed by atoms with van der Waals surface area (Å²) in [5.74, 6) is 1.41. The summed E-state index contributed by atoms with van der Waals surface area (Å²) in [4.78, 5) is 22.3. The second kappa shape index (κ2) is 5.42. The van der Waals surface area contributed by atoms with Gasteiger partial charge in [-0.15, -0.1) is 0 Å². The molecule has 104 valence electrons. The highest BCUT2D eigenvalue weighted by molar-refractivity contribution is 5.79. The normalized spacial score (nSPS) is 15.8. The second-order valence-corrected chi connectivity index (χ2v) is 5.07. The average Bonchev–Trinajstić information content (AvgIpc) is 3.18. The van der Waals surface area contributed by atoms with Crippen LogP contribution in [0.3, 0.4) is 0 Å². The van der Waals surface area contributed by atoms with Crippen LogP contribution in [0.15, 0.2) is 6.07 Å². The van der Waals surface area contributed by atoms with E-state index in [1.807, 2.05) is 32.0 Å². The lowest BCUT2D eigenvalue weighted by Gasteiger charge is -2.18. The lowest BCUT2D eigenvalue weighted by molar-refractivity contribution is -0.142. The molecule has 0 radical (unpaired) electrons. The highest BCUT2D eigenvalue weighted by atomic mass is 16.5. The molecule has 19 heavy (non-hydrogen) atoms. The van der Waals surface area contributed by atoms with E-state index in [2.05, 4.69) is 15.3 Å². The van der Waals surface area contributed by atoms with E-state index in [9.17, 15) is 4.79 Å². The molecule has 1 fully saturated rings. The third kappa shape index (κ3) is 3.33. The first-order valence-corrected chi connectivity index (χ1v) is 6.38. The monoisotopic (exact) mass is 264 g/mol. The number of rotatable bonds is 5. The first-order valence-electron chi connectivity index (χ1n) is 6.38. The van der Waals surface area contributed by atoms with Crippen molar-refractivity contribution in [1.29, 1.82) is 0 Å². The summed E-state index contributed by atoms with van der Waals surface area (Å²) in [6.07, 6.45) is 2.11. The molecular formula is C13H20N4O2. The number of aryl methyl sites for hydroxylation is 1. The van der Waals surface area contributed by atoms with Gasteiger partial charge >= 0.3 is 5.97 Å². The van der Waals surface area contributed by atoms with Gasteiger partial charge in [0.05, 0.1) is 7.11 Å². The molecule has 1 N–H and O–H groups in total. The number of ether oxygens (including phenoxy) is 1. The highest BCUT2D eigenvalue weighted by Crippen LogP contribution is 2.34. The Hall–Kier alpha value is -1.85. The van der Waals surface area contributed by atoms with Crippen molar-refractivity contribution in [3.8, 4) is 0 Å². The van der Waals surface area contributed by atoms with Gasteiger partial charge in [-0.05, 0) is 25.7 Å². The first kappa shape index (κ1) is 13.6. The third-order valence-corrected chi connectivity index (χ3v) is 3.09. The number of carbonyl (C=O) groups excluding carboxylic acids is 1. The Morgan fingerprint density at radius 1 is 1.47 bits per heavy atom. The van der Waals surface area contributed by atoms with Gasteiger partial charge in [0.15, 0.2) is 0 Å². The fraction of sp³-hybridized carbons (Fsp3) is 0.615. The van der Waals surface area contributed by atoms with Crippen LogP contribution >= 0.6 is 0 Å². The molecule has 0 saturated heterocycles. The van der Waals surface area contributed by atoms with Crippen molar-refractivity contribution >= 4 is 17.7 Å². The average molecular weight is 264 g/mol. The molecule has 0 spiro atoms. The number of carbonyl (C=O) groups is 1. The zero-order chi connectivity index (χ0) is 14.0. The van der Waals surface area contributed by atoms with Crippen LogP contribution in [0, 0.1) is 12.8 Å². The Morgan fingerprint density at radius 2 is 2.16 bits per heavy atom. The van der Waals surface area contributed by atoms with E-state index < -0.39 is 0 Å². The van der Waals surface area contributed by atoms with Gasteiger partial charge in [0.2, 0.25) is 5.95 Å². The molecule has 0 amide bonds. The smallest absolute Gasteiger partial charge is 0.328 e. The number of hydrogen-bond donors (Lipinski definition) is 1. The molecule has 1 saturated carbocycles. The summed E-state index contributed by atoms with van der Waals surface area (Å²) in [5.41, 5.74) is 0.862. The maximum Gasteiger partial charge on any atom is 0.328 e. The molecule has 1 aliphatic carbocycles. The molecule has 2 rings (SSSR count). The number of hydrogen-bond acceptors (Lipinski definition) is 6. The summed E-state index contributed by atoms with van der Waals surface area (Å²) >= 11 is 0. The Balaban J connectivity index is 2.18. The summed E-state index contributed by atoms with van der Waals surface area (Å²) in [6.45, 7) is 1.91. The molecule has 0 bridgehead atoms. The lowest BCUT2D eigenvalue weighted by Crippen LogP contribution is -2.33. The van der Waals surface area contributed by atoms with Crippen molar-refractivity contribution in [1.82, 2.24) is 9.97 Å². The zero-order valence-electron chi connectivity index (χ0n) is 11.8. The van der Waals surface area contributed by atoms with E-state index in [4.69, 9.17) is 4.74 Å². The molecular weight excluding hydrogens is 244 g/mol. The molecule has 0 aliphatic heterocycles. The fourth-order valence-electron chi connectivity index (χ4n) is 1.91. The largest absolute Gasteiger partial charge is 0.467 e. The number of nitrogens with one attached hydrogen (secondary N) is 1. The summed E-state index contributed by atoms with van der Waals surface area (Å²) in [6, 6.07) is 1.53. The summed E-state index contributed by atoms with van der Waals surface area (Å²) < 4.78 is 4.84. The number of nitrogens with zero attached hydrogens (tertiary/aromatic N) is 3. The zero-order valence-corrected chi connectivity index (χ0v) is 11.8. The Kier molecular flexibility index (Phi) is 3.87. The minimum absolute atomic E-state index is 0.231. The molecule has 6 heteroatoms. The molecule has 0 aromatic carbocycles. The van der Waals surface area contributed by atoms with Crippen molar-refractivity contribution in [2.45, 2.75) is 25.8 Å². The number of methoxy groups -OCH3 is 1. The molecule has 1 heterocycles. The maximum absolute atomic E-state index is 11.8. The first-order chi connectivity index (χ1) is 9.01. The van der Waals surface area contributed by atoms with Crippen LogP contribution in [0.5, 0.6) is 0 Å². The van der Waals surface area contributed by atoms with Crippen LogP contribution in [0.4, 0.5) is 11.8 Å². The maximum atomic E-state index is 11.8. The van der Waals surface area contributed by atoms with Crippen LogP contribution in [-0.4, -0.2) is 43.2 Å². The van der Waals surface area contributed by atoms with E-state index in [1.54, 1.807) is 0 Å². The molecule has 1 aliphatic rings. The van der Waals surface area contributed by atoms with Gasteiger partial charge < -0.3 is 15.0 Å². The van der Waals surface area contributed by atoms with Gasteiger partial charge in [0.25, 0.3) is 0 Å². The Bertz CT molecular complexity index is 472. The Morgan fingerprint density at radius 3 is 2.68 bits per heavy atom. The SMILES string of the molecule is COC(=O)[C@@H](Nc1cc(C)nc(N(C)C)n1)C1CC1. The van der Waals surface area contributed by atoms with Gasteiger partial charge in [-0.3, -0.25) is 0 Å². The molecule has 1 aromatic heterocycles. The summed E-state index contributed by atoms with van der Waals surface area (Å²) in [7, 11) is 5.18. The Labute approximate surface area is 113 Å². The van der Waals surface area contributed by atoms with E-state index in [0.717, 1.165) is 18.5 Å². The van der Waals surface area contributed by atoms with Gasteiger partial charge in [0.1, 0.15) is 11.9 Å². The molecule has 0 unspecified atom stereocenters. The van der Waals surface area contributed by atoms with Gasteiger partial charge in [-0.2, -0.15) is 4.98 Å². The van der Waals surface area contributed by atoms with Gasteiger partial charge in [-0.25, -0.2) is 9.78 Å². The second-order valence-electron chi connectivity index (χ2n) is 5.07. The quantitative estimate of drug-likeness (QED) is 0.806. The van der Waals surface area contributed by atoms with Crippen LogP contribution in [-0.2, 0) is 9.53 Å². The van der Waals surface area contributed by atoms with Crippen molar-refractivity contribution in [3.05, 3.63) is 11.8 Å². The van der Waals surface area contributed by atoms with E-state index in [-0.39, 0.29) is 12.0 Å². The molecule has 1 atom stereocenters. The molecule has 1 aromatic rings. The predicted octanol–water partition coefficient (Wildman–Crippen LogP) is 1.21. The van der Waals surface area contributed by atoms with Gasteiger partial charge in [-0.1, -0.05) is 0 Å². The van der Waals surface area contributed by atoms with Crippen LogP contribution < -0.4 is 10.2 Å². The predicted molar refractivity (Wildman–Crippen MR) is 73.2 cm³/mol. The lowest BCUT2D eigenvalue weighted by atomic mass is 10.2. The van der Waals surface area contributed by atoms with E-state index in [0.29, 0.717) is 17.7 Å². The van der Waals surface area contributed by atoms with Gasteiger partial charge in [0, 0.05) is 25.9 Å². The van der Waals surface area contributed by atoms with E-state index >= 15 is 0 Å². The van der Waals surface area contributed by atoms with Crippen molar-refractivity contribution < 1.29 is 9.53 Å². The number of aromatic nitrogens is 2. The van der Waals surface area contributed by atoms with Crippen LogP contribution in [0.2, 0.25) is 0 Å². The number of anilines is 2. The fourth-order valence-corrected chi connectivity index (χ4v) is 1.91.